The van der Waals surface area contributed by atoms with Gasteiger partial charge < -0.3 is 25.7 Å². The number of rotatable bonds is 11. The predicted molar refractivity (Wildman–Crippen MR) is 112 cm³/mol. The Labute approximate surface area is 186 Å². The first kappa shape index (κ1) is 23.1. The second-order valence-corrected chi connectivity index (χ2v) is 6.30. The van der Waals surface area contributed by atoms with Gasteiger partial charge in [-0.1, -0.05) is 5.21 Å². The molecule has 0 bridgehead atoms. The topological polar surface area (TPSA) is 208 Å². The molecule has 0 atom stereocenters. The van der Waals surface area contributed by atoms with Crippen LogP contribution in [0.15, 0.2) is 27.9 Å². The van der Waals surface area contributed by atoms with Gasteiger partial charge in [0.2, 0.25) is 11.6 Å². The largest absolute Gasteiger partial charge is 0.490 e. The molecule has 2 amide bonds. The summed E-state index contributed by atoms with van der Waals surface area (Å²) in [6, 6.07) is 4.87. The van der Waals surface area contributed by atoms with E-state index in [1.165, 1.54) is 18.0 Å². The number of aromatic nitrogens is 5. The van der Waals surface area contributed by atoms with Crippen molar-refractivity contribution in [1.82, 2.24) is 30.7 Å². The van der Waals surface area contributed by atoms with Crippen LogP contribution in [0.4, 0.5) is 5.82 Å². The normalized spacial score (nSPS) is 11.0. The van der Waals surface area contributed by atoms with Crippen molar-refractivity contribution >= 4 is 23.8 Å². The quantitative estimate of drug-likeness (QED) is 0.244. The standard InChI is InChI=1S/C18H21N9O6/c1-3-31-13-6-10(4-5-12(13)32-9-14(19)28)7-21-23-18(29)15-11(8-30-2)27(26-22-15)17-16(20)24-33-25-17/h4-7H,3,8-9H2,1-2H3,(H2,19,28)(H2,20,24)(H,23,29)/b21-7-. The zero-order valence-electron chi connectivity index (χ0n) is 17.7. The Kier molecular flexibility index (Phi) is 7.48. The molecule has 0 radical (unpaired) electrons. The van der Waals surface area contributed by atoms with Crippen molar-refractivity contribution in [3.8, 4) is 17.3 Å². The van der Waals surface area contributed by atoms with Crippen molar-refractivity contribution < 1.29 is 28.4 Å². The number of hydrogen-bond donors (Lipinski definition) is 3. The third-order valence-electron chi connectivity index (χ3n) is 3.97. The van der Waals surface area contributed by atoms with Crippen LogP contribution in [0.2, 0.25) is 0 Å². The number of ether oxygens (including phenoxy) is 3. The summed E-state index contributed by atoms with van der Waals surface area (Å²) < 4.78 is 21.7. The summed E-state index contributed by atoms with van der Waals surface area (Å²) >= 11 is 0. The highest BCUT2D eigenvalue weighted by Gasteiger charge is 2.23. The van der Waals surface area contributed by atoms with Gasteiger partial charge in [0.15, 0.2) is 23.8 Å². The molecule has 0 aliphatic rings. The monoisotopic (exact) mass is 459 g/mol. The Bertz CT molecular complexity index is 1160. The van der Waals surface area contributed by atoms with Gasteiger partial charge in [-0.2, -0.15) is 9.78 Å². The van der Waals surface area contributed by atoms with Gasteiger partial charge in [0.25, 0.3) is 11.8 Å². The first-order valence-corrected chi connectivity index (χ1v) is 9.47. The fraction of sp³-hybridized carbons (Fsp3) is 0.278. The number of benzene rings is 1. The minimum atomic E-state index is -0.647. The molecule has 174 valence electrons. The maximum Gasteiger partial charge on any atom is 0.293 e. The molecule has 0 saturated carbocycles. The lowest BCUT2D eigenvalue weighted by atomic mass is 10.2. The zero-order chi connectivity index (χ0) is 23.8. The lowest BCUT2D eigenvalue weighted by Crippen LogP contribution is -2.21. The van der Waals surface area contributed by atoms with E-state index in [0.717, 1.165) is 0 Å². The van der Waals surface area contributed by atoms with Crippen LogP contribution < -0.4 is 26.4 Å². The van der Waals surface area contributed by atoms with Gasteiger partial charge in [0.05, 0.1) is 19.4 Å². The molecule has 2 heterocycles. The van der Waals surface area contributed by atoms with E-state index < -0.39 is 11.8 Å². The molecule has 0 spiro atoms. The molecular weight excluding hydrogens is 438 g/mol. The van der Waals surface area contributed by atoms with E-state index in [1.54, 1.807) is 25.1 Å². The number of methoxy groups -OCH3 is 1. The second-order valence-electron chi connectivity index (χ2n) is 6.30. The number of amides is 2. The van der Waals surface area contributed by atoms with E-state index in [1.807, 2.05) is 0 Å². The van der Waals surface area contributed by atoms with Crippen molar-refractivity contribution in [2.45, 2.75) is 13.5 Å². The van der Waals surface area contributed by atoms with Crippen molar-refractivity contribution in [3.63, 3.8) is 0 Å². The highest BCUT2D eigenvalue weighted by Crippen LogP contribution is 2.28. The van der Waals surface area contributed by atoms with Crippen LogP contribution in [-0.2, 0) is 16.1 Å². The molecular formula is C18H21N9O6. The molecule has 1 aromatic carbocycles. The van der Waals surface area contributed by atoms with Crippen LogP contribution in [0, 0.1) is 0 Å². The molecule has 2 aromatic heterocycles. The summed E-state index contributed by atoms with van der Waals surface area (Å²) in [5.74, 6) is -0.490. The van der Waals surface area contributed by atoms with Crippen LogP contribution in [0.25, 0.3) is 5.82 Å². The van der Waals surface area contributed by atoms with E-state index in [4.69, 9.17) is 25.7 Å². The number of nitrogens with two attached hydrogens (primary N) is 2. The molecule has 0 aliphatic carbocycles. The lowest BCUT2D eigenvalue weighted by molar-refractivity contribution is -0.119. The fourth-order valence-corrected chi connectivity index (χ4v) is 2.61. The van der Waals surface area contributed by atoms with E-state index in [-0.39, 0.29) is 36.2 Å². The molecule has 0 unspecified atom stereocenters. The Morgan fingerprint density at radius 2 is 2.09 bits per heavy atom. The minimum absolute atomic E-state index is 0.0176. The van der Waals surface area contributed by atoms with Crippen molar-refractivity contribution in [2.24, 2.45) is 10.8 Å². The summed E-state index contributed by atoms with van der Waals surface area (Å²) in [5.41, 5.74) is 13.9. The Hall–Kier alpha value is -4.53. The third kappa shape index (κ3) is 5.59. The number of anilines is 1. The maximum absolute atomic E-state index is 12.6. The molecule has 15 heteroatoms. The summed E-state index contributed by atoms with van der Waals surface area (Å²) in [6.45, 7) is 1.86. The fourth-order valence-electron chi connectivity index (χ4n) is 2.61. The number of hydrazone groups is 1. The predicted octanol–water partition coefficient (Wildman–Crippen LogP) is -0.594. The number of nitrogens with one attached hydrogen (secondary N) is 1. The van der Waals surface area contributed by atoms with Crippen LogP contribution in [-0.4, -0.2) is 63.7 Å². The van der Waals surface area contributed by atoms with Gasteiger partial charge in [-0.15, -0.1) is 5.10 Å². The Morgan fingerprint density at radius 1 is 1.27 bits per heavy atom. The van der Waals surface area contributed by atoms with Crippen LogP contribution in [0.1, 0.15) is 28.7 Å². The summed E-state index contributed by atoms with van der Waals surface area (Å²) in [6.07, 6.45) is 1.39. The number of carbonyl (C=O) groups is 2. The number of carbonyl (C=O) groups excluding carboxylic acids is 2. The van der Waals surface area contributed by atoms with Crippen molar-refractivity contribution in [2.75, 3.05) is 26.1 Å². The minimum Gasteiger partial charge on any atom is -0.490 e. The van der Waals surface area contributed by atoms with Crippen LogP contribution >= 0.6 is 0 Å². The van der Waals surface area contributed by atoms with Crippen LogP contribution in [0.5, 0.6) is 11.5 Å². The number of primary amides is 1. The molecule has 33 heavy (non-hydrogen) atoms. The lowest BCUT2D eigenvalue weighted by Gasteiger charge is -2.11. The van der Waals surface area contributed by atoms with Crippen molar-refractivity contribution in [3.05, 3.63) is 35.2 Å². The highest BCUT2D eigenvalue weighted by molar-refractivity contribution is 5.94. The Morgan fingerprint density at radius 3 is 2.76 bits per heavy atom. The first-order valence-electron chi connectivity index (χ1n) is 9.47. The first-order chi connectivity index (χ1) is 15.9. The van der Waals surface area contributed by atoms with Gasteiger partial charge in [-0.05, 0) is 41.0 Å². The number of nitrogens with zero attached hydrogens (tertiary/aromatic N) is 6. The summed E-state index contributed by atoms with van der Waals surface area (Å²) in [7, 11) is 1.44. The van der Waals surface area contributed by atoms with Gasteiger partial charge in [-0.3, -0.25) is 9.59 Å². The molecule has 3 aromatic rings. The molecule has 0 fully saturated rings. The van der Waals surface area contributed by atoms with Gasteiger partial charge in [0.1, 0.15) is 5.69 Å². The molecule has 3 rings (SSSR count). The average molecular weight is 459 g/mol. The SMILES string of the molecule is CCOc1cc(/C=N\NC(=O)c2nnn(-c3nonc3N)c2COC)ccc1OCC(N)=O. The average Bonchev–Trinajstić information content (AvgIpc) is 3.39. The van der Waals surface area contributed by atoms with E-state index in [9.17, 15) is 9.59 Å². The van der Waals surface area contributed by atoms with E-state index in [2.05, 4.69) is 35.8 Å². The second kappa shape index (κ2) is 10.7. The van der Waals surface area contributed by atoms with E-state index >= 15 is 0 Å². The molecule has 15 nitrogen and oxygen atoms in total. The highest BCUT2D eigenvalue weighted by atomic mass is 16.6. The number of hydrogen-bond acceptors (Lipinski definition) is 12. The number of nitrogen functional groups attached to an aromatic ring is 1. The molecule has 0 saturated heterocycles. The van der Waals surface area contributed by atoms with Gasteiger partial charge >= 0.3 is 0 Å². The molecule has 5 N–H and O–H groups in total. The van der Waals surface area contributed by atoms with Gasteiger partial charge in [0, 0.05) is 7.11 Å². The summed E-state index contributed by atoms with van der Waals surface area (Å²) in [5, 5.41) is 18.8. The maximum atomic E-state index is 12.6. The smallest absolute Gasteiger partial charge is 0.293 e. The molecule has 0 aliphatic heterocycles. The van der Waals surface area contributed by atoms with Crippen LogP contribution in [0.3, 0.4) is 0 Å². The van der Waals surface area contributed by atoms with Gasteiger partial charge in [-0.25, -0.2) is 10.1 Å². The van der Waals surface area contributed by atoms with E-state index in [0.29, 0.717) is 23.7 Å². The van der Waals surface area contributed by atoms with Crippen molar-refractivity contribution in [1.29, 1.82) is 0 Å². The Balaban J connectivity index is 1.75. The third-order valence-corrected chi connectivity index (χ3v) is 3.97. The summed E-state index contributed by atoms with van der Waals surface area (Å²) in [4.78, 5) is 23.5. The zero-order valence-corrected chi connectivity index (χ0v) is 17.7.